The van der Waals surface area contributed by atoms with Gasteiger partial charge in [0, 0.05) is 11.7 Å². The molecule has 0 aliphatic carbocycles. The largest absolute Gasteiger partial charge is 0.465 e. The van der Waals surface area contributed by atoms with Gasteiger partial charge in [-0.05, 0) is 39.7 Å². The lowest BCUT2D eigenvalue weighted by Crippen LogP contribution is -2.54. The summed E-state index contributed by atoms with van der Waals surface area (Å²) >= 11 is 0. The Balaban J connectivity index is 2.58. The first kappa shape index (κ1) is 17.8. The zero-order valence-electron chi connectivity index (χ0n) is 13.5. The van der Waals surface area contributed by atoms with E-state index in [0.29, 0.717) is 6.42 Å². The molecule has 1 rings (SSSR count). The third kappa shape index (κ3) is 5.24. The van der Waals surface area contributed by atoms with Crippen LogP contribution in [0.2, 0.25) is 0 Å². The molecule has 0 aromatic heterocycles. The molecule has 5 nitrogen and oxygen atoms in total. The number of hydrogen-bond acceptors (Lipinski definition) is 2. The molecule has 0 heterocycles. The van der Waals surface area contributed by atoms with Crippen molar-refractivity contribution in [2.24, 2.45) is 0 Å². The number of allylic oxidation sites excluding steroid dienone is 1. The van der Waals surface area contributed by atoms with E-state index >= 15 is 0 Å². The lowest BCUT2D eigenvalue weighted by atomic mass is 10.0. The Hall–Kier alpha value is -2.30. The number of hydrogen-bond donors (Lipinski definition) is 2. The van der Waals surface area contributed by atoms with Crippen LogP contribution in [0.25, 0.3) is 0 Å². The summed E-state index contributed by atoms with van der Waals surface area (Å²) in [5, 5.41) is 11.9. The van der Waals surface area contributed by atoms with Crippen LogP contribution in [0.4, 0.5) is 4.79 Å². The fourth-order valence-corrected chi connectivity index (χ4v) is 2.22. The number of nitrogens with one attached hydrogen (secondary N) is 1. The summed E-state index contributed by atoms with van der Waals surface area (Å²) in [7, 11) is 0. The van der Waals surface area contributed by atoms with Gasteiger partial charge in [-0.3, -0.25) is 9.69 Å². The third-order valence-corrected chi connectivity index (χ3v) is 3.24. The monoisotopic (exact) mass is 304 g/mol. The van der Waals surface area contributed by atoms with E-state index in [4.69, 9.17) is 0 Å². The predicted octanol–water partition coefficient (Wildman–Crippen LogP) is 3.03. The second-order valence-corrected chi connectivity index (χ2v) is 6.10. The summed E-state index contributed by atoms with van der Waals surface area (Å²) in [6.07, 6.45) is 3.00. The van der Waals surface area contributed by atoms with Gasteiger partial charge in [0.2, 0.25) is 5.91 Å². The van der Waals surface area contributed by atoms with Crippen molar-refractivity contribution in [3.8, 4) is 0 Å². The smallest absolute Gasteiger partial charge is 0.408 e. The van der Waals surface area contributed by atoms with E-state index in [1.165, 1.54) is 0 Å². The van der Waals surface area contributed by atoms with Crippen LogP contribution in [-0.2, 0) is 11.2 Å². The average Bonchev–Trinajstić information content (AvgIpc) is 2.42. The Kier molecular flexibility index (Phi) is 6.16. The van der Waals surface area contributed by atoms with Crippen molar-refractivity contribution < 1.29 is 14.7 Å². The molecule has 1 atom stereocenters. The van der Waals surface area contributed by atoms with Gasteiger partial charge < -0.3 is 10.4 Å². The average molecular weight is 304 g/mol. The van der Waals surface area contributed by atoms with Crippen LogP contribution in [0, 0.1) is 0 Å². The number of carboxylic acid groups (broad SMARTS) is 1. The first-order valence-electron chi connectivity index (χ1n) is 7.25. The minimum atomic E-state index is -1.11. The minimum absolute atomic E-state index is 0.346. The first-order valence-corrected chi connectivity index (χ1v) is 7.25. The molecule has 120 valence electrons. The number of nitrogens with zero attached hydrogens (tertiary/aromatic N) is 1. The highest BCUT2D eigenvalue weighted by Crippen LogP contribution is 2.17. The Morgan fingerprint density at radius 3 is 2.36 bits per heavy atom. The SMILES string of the molecule is CC(C(=O)N/C=C/Cc1ccccc1)N(C(=O)O)C(C)(C)C. The van der Waals surface area contributed by atoms with Crippen molar-refractivity contribution in [2.45, 2.75) is 45.7 Å². The highest BCUT2D eigenvalue weighted by atomic mass is 16.4. The molecule has 22 heavy (non-hydrogen) atoms. The molecule has 1 aromatic rings. The Morgan fingerprint density at radius 2 is 1.86 bits per heavy atom. The highest BCUT2D eigenvalue weighted by molar-refractivity contribution is 5.85. The molecule has 2 amide bonds. The summed E-state index contributed by atoms with van der Waals surface area (Å²) in [6.45, 7) is 6.86. The molecule has 0 aliphatic heterocycles. The summed E-state index contributed by atoms with van der Waals surface area (Å²) in [5.41, 5.74) is 0.499. The summed E-state index contributed by atoms with van der Waals surface area (Å²) < 4.78 is 0. The van der Waals surface area contributed by atoms with Gasteiger partial charge >= 0.3 is 6.09 Å². The molecule has 0 aliphatic rings. The molecule has 2 N–H and O–H groups in total. The number of benzene rings is 1. The van der Waals surface area contributed by atoms with Gasteiger partial charge in [0.1, 0.15) is 6.04 Å². The van der Waals surface area contributed by atoms with Gasteiger partial charge in [0.05, 0.1) is 0 Å². The lowest BCUT2D eigenvalue weighted by molar-refractivity contribution is -0.125. The van der Waals surface area contributed by atoms with Crippen LogP contribution in [-0.4, -0.2) is 33.6 Å². The highest BCUT2D eigenvalue weighted by Gasteiger charge is 2.34. The zero-order valence-corrected chi connectivity index (χ0v) is 13.5. The standard InChI is InChI=1S/C17H24N2O3/c1-13(19(16(21)22)17(2,3)4)15(20)18-12-8-11-14-9-6-5-7-10-14/h5-10,12-13H,11H2,1-4H3,(H,18,20)(H,21,22)/b12-8+. The maximum absolute atomic E-state index is 12.1. The van der Waals surface area contributed by atoms with Crippen molar-refractivity contribution in [3.63, 3.8) is 0 Å². The third-order valence-electron chi connectivity index (χ3n) is 3.24. The van der Waals surface area contributed by atoms with Crippen molar-refractivity contribution in [2.75, 3.05) is 0 Å². The van der Waals surface area contributed by atoms with E-state index in [1.807, 2.05) is 36.4 Å². The van der Waals surface area contributed by atoms with Crippen molar-refractivity contribution >= 4 is 12.0 Å². The van der Waals surface area contributed by atoms with E-state index in [-0.39, 0.29) is 5.91 Å². The molecule has 1 aromatic carbocycles. The van der Waals surface area contributed by atoms with Gasteiger partial charge in [0.15, 0.2) is 0 Å². The quantitative estimate of drug-likeness (QED) is 0.878. The fraction of sp³-hybridized carbons (Fsp3) is 0.412. The molecule has 0 fully saturated rings. The first-order chi connectivity index (χ1) is 10.2. The van der Waals surface area contributed by atoms with Crippen molar-refractivity contribution in [1.29, 1.82) is 0 Å². The Bertz CT molecular complexity index is 533. The lowest BCUT2D eigenvalue weighted by Gasteiger charge is -2.36. The normalized spacial score (nSPS) is 12.9. The second kappa shape index (κ2) is 7.64. The molecule has 0 saturated heterocycles. The van der Waals surface area contributed by atoms with Crippen molar-refractivity contribution in [3.05, 3.63) is 48.2 Å². The van der Waals surface area contributed by atoms with Gasteiger partial charge in [-0.2, -0.15) is 0 Å². The van der Waals surface area contributed by atoms with Crippen LogP contribution >= 0.6 is 0 Å². The molecule has 0 bridgehead atoms. The molecule has 5 heteroatoms. The van der Waals surface area contributed by atoms with Gasteiger partial charge in [0.25, 0.3) is 0 Å². The van der Waals surface area contributed by atoms with Crippen molar-refractivity contribution in [1.82, 2.24) is 10.2 Å². The van der Waals surface area contributed by atoms with E-state index < -0.39 is 17.7 Å². The van der Waals surface area contributed by atoms with Gasteiger partial charge in [-0.25, -0.2) is 4.79 Å². The zero-order chi connectivity index (χ0) is 16.8. The fourth-order valence-electron chi connectivity index (χ4n) is 2.22. The second-order valence-electron chi connectivity index (χ2n) is 6.10. The van der Waals surface area contributed by atoms with Crippen LogP contribution in [0.1, 0.15) is 33.3 Å². The van der Waals surface area contributed by atoms with Gasteiger partial charge in [-0.15, -0.1) is 0 Å². The maximum Gasteiger partial charge on any atom is 0.408 e. The summed E-state index contributed by atoms with van der Waals surface area (Å²) in [4.78, 5) is 24.6. The molecular weight excluding hydrogens is 280 g/mol. The molecule has 1 unspecified atom stereocenters. The van der Waals surface area contributed by atoms with Crippen LogP contribution in [0.15, 0.2) is 42.6 Å². The van der Waals surface area contributed by atoms with Gasteiger partial charge in [-0.1, -0.05) is 36.4 Å². The predicted molar refractivity (Wildman–Crippen MR) is 86.5 cm³/mol. The van der Waals surface area contributed by atoms with Crippen LogP contribution in [0.5, 0.6) is 0 Å². The molecule has 0 spiro atoms. The topological polar surface area (TPSA) is 69.6 Å². The van der Waals surface area contributed by atoms with Crippen LogP contribution in [0.3, 0.4) is 0 Å². The molecule has 0 saturated carbocycles. The van der Waals surface area contributed by atoms with E-state index in [9.17, 15) is 14.7 Å². The number of carbonyl (C=O) groups is 2. The Morgan fingerprint density at radius 1 is 1.27 bits per heavy atom. The van der Waals surface area contributed by atoms with Crippen LogP contribution < -0.4 is 5.32 Å². The van der Waals surface area contributed by atoms with E-state index in [2.05, 4.69) is 5.32 Å². The van der Waals surface area contributed by atoms with E-state index in [1.54, 1.807) is 33.9 Å². The Labute approximate surface area is 131 Å². The molecular formula is C17H24N2O3. The summed E-state index contributed by atoms with van der Waals surface area (Å²) in [6, 6.07) is 9.10. The minimum Gasteiger partial charge on any atom is -0.465 e. The maximum atomic E-state index is 12.1. The van der Waals surface area contributed by atoms with E-state index in [0.717, 1.165) is 10.5 Å². The number of amides is 2. The molecule has 0 radical (unpaired) electrons. The number of carbonyl (C=O) groups excluding carboxylic acids is 1. The number of rotatable bonds is 5. The summed E-state index contributed by atoms with van der Waals surface area (Å²) in [5.74, 6) is -0.346.